The Morgan fingerprint density at radius 3 is 2.19 bits per heavy atom. The maximum atomic E-state index is 2.41. The van der Waals surface area contributed by atoms with Crippen molar-refractivity contribution in [3.8, 4) is 11.1 Å². The molecule has 0 radical (unpaired) electrons. The molecule has 1 aliphatic carbocycles. The Balaban J connectivity index is 2.01. The highest BCUT2D eigenvalue weighted by Crippen LogP contribution is 2.39. The lowest BCUT2D eigenvalue weighted by atomic mass is 10.0. The summed E-state index contributed by atoms with van der Waals surface area (Å²) in [5.74, 6) is 0. The topological polar surface area (TPSA) is 0 Å². The fourth-order valence-corrected chi connectivity index (χ4v) is 7.31. The van der Waals surface area contributed by atoms with Gasteiger partial charge in [-0.1, -0.05) is 81.4 Å². The van der Waals surface area contributed by atoms with Gasteiger partial charge in [0, 0.05) is 0 Å². The van der Waals surface area contributed by atoms with Gasteiger partial charge in [-0.3, -0.25) is 0 Å². The second-order valence-electron chi connectivity index (χ2n) is 6.51. The van der Waals surface area contributed by atoms with Gasteiger partial charge in [0.25, 0.3) is 0 Å². The van der Waals surface area contributed by atoms with Crippen LogP contribution in [0.25, 0.3) is 11.1 Å². The Morgan fingerprint density at radius 2 is 1.48 bits per heavy atom. The first-order chi connectivity index (χ1) is 10.2. The van der Waals surface area contributed by atoms with E-state index in [4.69, 9.17) is 0 Å². The Bertz CT molecular complexity index is 630. The molecule has 2 aromatic rings. The second kappa shape index (κ2) is 5.80. The Hall–Kier alpha value is -1.34. The number of hydrogen-bond acceptors (Lipinski definition) is 0. The SMILES string of the molecule is CC[Si](CC)(CC)Cc1cccc2c1Cc1ccccc1-2. The molecule has 3 rings (SSSR count). The Morgan fingerprint density at radius 1 is 0.810 bits per heavy atom. The Kier molecular flexibility index (Phi) is 4.03. The van der Waals surface area contributed by atoms with Gasteiger partial charge in [0.1, 0.15) is 0 Å². The van der Waals surface area contributed by atoms with Gasteiger partial charge < -0.3 is 0 Å². The third-order valence-corrected chi connectivity index (χ3v) is 11.4. The van der Waals surface area contributed by atoms with Gasteiger partial charge in [-0.2, -0.15) is 0 Å². The fourth-order valence-electron chi connectivity index (χ4n) is 3.92. The highest BCUT2D eigenvalue weighted by Gasteiger charge is 2.29. The fraction of sp³-hybridized carbons (Fsp3) is 0.400. The second-order valence-corrected chi connectivity index (χ2v) is 12.0. The largest absolute Gasteiger partial charge is 0.0678 e. The van der Waals surface area contributed by atoms with Crippen molar-refractivity contribution < 1.29 is 0 Å². The van der Waals surface area contributed by atoms with Crippen molar-refractivity contribution in [1.29, 1.82) is 0 Å². The Labute approximate surface area is 130 Å². The van der Waals surface area contributed by atoms with Crippen LogP contribution in [-0.4, -0.2) is 8.07 Å². The van der Waals surface area contributed by atoms with Gasteiger partial charge >= 0.3 is 0 Å². The summed E-state index contributed by atoms with van der Waals surface area (Å²) in [6.07, 6.45) is 1.14. The molecule has 0 saturated carbocycles. The lowest BCUT2D eigenvalue weighted by Gasteiger charge is -2.29. The first kappa shape index (κ1) is 14.6. The lowest BCUT2D eigenvalue weighted by Crippen LogP contribution is -2.35. The quantitative estimate of drug-likeness (QED) is 0.518. The first-order valence-electron chi connectivity index (χ1n) is 8.42. The molecule has 0 heterocycles. The summed E-state index contributed by atoms with van der Waals surface area (Å²) < 4.78 is 0. The van der Waals surface area contributed by atoms with Crippen LogP contribution in [0.15, 0.2) is 42.5 Å². The summed E-state index contributed by atoms with van der Waals surface area (Å²) in [7, 11) is -1.10. The van der Waals surface area contributed by atoms with E-state index >= 15 is 0 Å². The molecule has 0 atom stereocenters. The predicted octanol–water partition coefficient (Wildman–Crippen LogP) is 5.85. The summed E-state index contributed by atoms with van der Waals surface area (Å²) in [5, 5.41) is 0. The van der Waals surface area contributed by atoms with Crippen LogP contribution < -0.4 is 0 Å². The molecule has 1 heteroatoms. The molecule has 1 aliphatic rings. The van der Waals surface area contributed by atoms with Crippen LogP contribution in [0.3, 0.4) is 0 Å². The van der Waals surface area contributed by atoms with Gasteiger partial charge in [-0.05, 0) is 40.3 Å². The van der Waals surface area contributed by atoms with E-state index in [0.717, 1.165) is 6.42 Å². The minimum Gasteiger partial charge on any atom is -0.0678 e. The highest BCUT2D eigenvalue weighted by molar-refractivity contribution is 6.79. The predicted molar refractivity (Wildman–Crippen MR) is 95.6 cm³/mol. The molecule has 0 fully saturated rings. The standard InChI is InChI=1S/C20H26Si/c1-4-21(5-2,6-3)15-17-11-9-13-19-18-12-8-7-10-16(18)14-20(17)19/h7-13H,4-6,14-15H2,1-3H3. The van der Waals surface area contributed by atoms with E-state index in [-0.39, 0.29) is 0 Å². The van der Waals surface area contributed by atoms with E-state index in [1.165, 1.54) is 40.9 Å². The van der Waals surface area contributed by atoms with Crippen LogP contribution >= 0.6 is 0 Å². The van der Waals surface area contributed by atoms with E-state index in [9.17, 15) is 0 Å². The number of fused-ring (bicyclic) bond motifs is 3. The summed E-state index contributed by atoms with van der Waals surface area (Å²) in [6.45, 7) is 7.24. The zero-order valence-corrected chi connectivity index (χ0v) is 14.6. The zero-order chi connectivity index (χ0) is 14.9. The van der Waals surface area contributed by atoms with Gasteiger partial charge in [0.15, 0.2) is 0 Å². The van der Waals surface area contributed by atoms with Crippen molar-refractivity contribution in [2.24, 2.45) is 0 Å². The molecule has 0 unspecified atom stereocenters. The van der Waals surface area contributed by atoms with E-state index in [1.807, 2.05) is 0 Å². The highest BCUT2D eigenvalue weighted by atomic mass is 28.3. The van der Waals surface area contributed by atoms with E-state index in [1.54, 1.807) is 11.1 Å². The van der Waals surface area contributed by atoms with Crippen molar-refractivity contribution in [3.05, 3.63) is 59.2 Å². The summed E-state index contributed by atoms with van der Waals surface area (Å²) in [5.41, 5.74) is 7.73. The van der Waals surface area contributed by atoms with Crippen LogP contribution in [0.4, 0.5) is 0 Å². The van der Waals surface area contributed by atoms with Crippen LogP contribution in [0.1, 0.15) is 37.5 Å². The third-order valence-electron chi connectivity index (χ3n) is 5.76. The molecule has 0 N–H and O–H groups in total. The molecular formula is C20H26Si. The normalized spacial score (nSPS) is 13.1. The van der Waals surface area contributed by atoms with Crippen molar-refractivity contribution in [2.45, 2.75) is 51.4 Å². The minimum atomic E-state index is -1.10. The molecule has 2 aromatic carbocycles. The molecule has 0 aromatic heterocycles. The van der Waals surface area contributed by atoms with Crippen LogP contribution in [0.2, 0.25) is 18.1 Å². The number of rotatable bonds is 5. The summed E-state index contributed by atoms with van der Waals surface area (Å²) in [4.78, 5) is 0. The average Bonchev–Trinajstić information content (AvgIpc) is 2.92. The maximum absolute atomic E-state index is 2.41. The van der Waals surface area contributed by atoms with Crippen molar-refractivity contribution in [1.82, 2.24) is 0 Å². The lowest BCUT2D eigenvalue weighted by molar-refractivity contribution is 1.08. The first-order valence-corrected chi connectivity index (χ1v) is 11.2. The number of hydrogen-bond donors (Lipinski definition) is 0. The third kappa shape index (κ3) is 2.48. The molecule has 0 bridgehead atoms. The van der Waals surface area contributed by atoms with Gasteiger partial charge in [-0.15, -0.1) is 0 Å². The van der Waals surface area contributed by atoms with Gasteiger partial charge in [0.2, 0.25) is 0 Å². The number of benzene rings is 2. The zero-order valence-electron chi connectivity index (χ0n) is 13.6. The molecule has 110 valence electrons. The summed E-state index contributed by atoms with van der Waals surface area (Å²) in [6, 6.07) is 21.5. The molecule has 0 saturated heterocycles. The van der Waals surface area contributed by atoms with Gasteiger partial charge in [0.05, 0.1) is 8.07 Å². The van der Waals surface area contributed by atoms with Crippen LogP contribution in [0, 0.1) is 0 Å². The average molecular weight is 295 g/mol. The van der Waals surface area contributed by atoms with E-state index in [0.29, 0.717) is 0 Å². The maximum Gasteiger partial charge on any atom is 0.0571 e. The molecule has 0 nitrogen and oxygen atoms in total. The van der Waals surface area contributed by atoms with Crippen molar-refractivity contribution >= 4 is 8.07 Å². The molecule has 0 amide bonds. The molecule has 21 heavy (non-hydrogen) atoms. The summed E-state index contributed by atoms with van der Waals surface area (Å²) >= 11 is 0. The minimum absolute atomic E-state index is 1.10. The van der Waals surface area contributed by atoms with E-state index < -0.39 is 8.07 Å². The van der Waals surface area contributed by atoms with Crippen LogP contribution in [0.5, 0.6) is 0 Å². The van der Waals surface area contributed by atoms with Crippen LogP contribution in [-0.2, 0) is 12.5 Å². The molecule has 0 spiro atoms. The van der Waals surface area contributed by atoms with Crippen molar-refractivity contribution in [3.63, 3.8) is 0 Å². The van der Waals surface area contributed by atoms with E-state index in [2.05, 4.69) is 63.2 Å². The van der Waals surface area contributed by atoms with Gasteiger partial charge in [-0.25, -0.2) is 0 Å². The van der Waals surface area contributed by atoms with Crippen molar-refractivity contribution in [2.75, 3.05) is 0 Å². The molecular weight excluding hydrogens is 268 g/mol. The smallest absolute Gasteiger partial charge is 0.0571 e. The monoisotopic (exact) mass is 294 g/mol. The molecule has 0 aliphatic heterocycles.